The van der Waals surface area contributed by atoms with Crippen LogP contribution in [0.15, 0.2) is 24.3 Å². The molecule has 0 spiro atoms. The molecule has 1 aromatic carbocycles. The molecule has 19 heavy (non-hydrogen) atoms. The van der Waals surface area contributed by atoms with Gasteiger partial charge in [-0.3, -0.25) is 4.79 Å². The van der Waals surface area contributed by atoms with Crippen LogP contribution in [0.4, 0.5) is 5.69 Å². The molecule has 1 aromatic rings. The fourth-order valence-corrected chi connectivity index (χ4v) is 1.75. The summed E-state index contributed by atoms with van der Waals surface area (Å²) in [5.74, 6) is -0.0159. The molecule has 0 aliphatic carbocycles. The average molecular weight is 264 g/mol. The van der Waals surface area contributed by atoms with Crippen molar-refractivity contribution in [3.8, 4) is 0 Å². The Labute approximate surface area is 115 Å². The molecular formula is C15H24N2O2. The fraction of sp³-hybridized carbons (Fsp3) is 0.533. The van der Waals surface area contributed by atoms with E-state index in [4.69, 9.17) is 10.8 Å². The van der Waals surface area contributed by atoms with Gasteiger partial charge in [0.15, 0.2) is 0 Å². The van der Waals surface area contributed by atoms with Crippen LogP contribution in [-0.4, -0.2) is 23.2 Å². The van der Waals surface area contributed by atoms with Crippen LogP contribution in [0.3, 0.4) is 0 Å². The van der Waals surface area contributed by atoms with Crippen LogP contribution in [0.25, 0.3) is 0 Å². The first-order valence-corrected chi connectivity index (χ1v) is 6.69. The van der Waals surface area contributed by atoms with Crippen molar-refractivity contribution in [3.63, 3.8) is 0 Å². The Morgan fingerprint density at radius 2 is 2.16 bits per heavy atom. The number of aryl methyl sites for hydroxylation is 1. The highest BCUT2D eigenvalue weighted by Crippen LogP contribution is 2.14. The van der Waals surface area contributed by atoms with Gasteiger partial charge in [0.05, 0.1) is 0 Å². The third-order valence-corrected chi connectivity index (χ3v) is 2.83. The molecule has 0 aliphatic heterocycles. The monoisotopic (exact) mass is 264 g/mol. The zero-order chi connectivity index (χ0) is 14.3. The lowest BCUT2D eigenvalue weighted by Gasteiger charge is -2.17. The van der Waals surface area contributed by atoms with Crippen LogP contribution in [0.2, 0.25) is 0 Å². The van der Waals surface area contributed by atoms with Crippen molar-refractivity contribution in [1.29, 1.82) is 0 Å². The predicted molar refractivity (Wildman–Crippen MR) is 78.0 cm³/mol. The van der Waals surface area contributed by atoms with E-state index < -0.39 is 0 Å². The molecule has 1 amide bonds. The maximum Gasteiger partial charge on any atom is 0.224 e. The highest BCUT2D eigenvalue weighted by Gasteiger charge is 2.13. The second-order valence-electron chi connectivity index (χ2n) is 5.56. The summed E-state index contributed by atoms with van der Waals surface area (Å²) in [6.45, 7) is 4.01. The Bertz CT molecular complexity index is 411. The molecule has 1 rings (SSSR count). The number of hydrogen-bond acceptors (Lipinski definition) is 3. The summed E-state index contributed by atoms with van der Waals surface area (Å²) < 4.78 is 0. The molecule has 4 heteroatoms. The maximum atomic E-state index is 11.8. The van der Waals surface area contributed by atoms with Gasteiger partial charge in [-0.25, -0.2) is 0 Å². The number of amides is 1. The van der Waals surface area contributed by atoms with E-state index in [0.717, 1.165) is 24.1 Å². The highest BCUT2D eigenvalue weighted by molar-refractivity contribution is 5.90. The van der Waals surface area contributed by atoms with Gasteiger partial charge in [0.1, 0.15) is 0 Å². The Morgan fingerprint density at radius 3 is 2.79 bits per heavy atom. The predicted octanol–water partition coefficient (Wildman–Crippen LogP) is 2.07. The Hall–Kier alpha value is -1.39. The van der Waals surface area contributed by atoms with Gasteiger partial charge in [-0.05, 0) is 50.8 Å². The summed E-state index contributed by atoms with van der Waals surface area (Å²) in [5, 5.41) is 11.7. The van der Waals surface area contributed by atoms with Crippen LogP contribution in [0, 0.1) is 0 Å². The minimum absolute atomic E-state index is 0.0159. The molecular weight excluding hydrogens is 240 g/mol. The summed E-state index contributed by atoms with van der Waals surface area (Å²) in [7, 11) is 0. The third kappa shape index (κ3) is 6.94. The molecule has 0 unspecified atom stereocenters. The molecule has 0 saturated heterocycles. The number of nitrogens with one attached hydrogen (secondary N) is 1. The van der Waals surface area contributed by atoms with Gasteiger partial charge in [0, 0.05) is 24.3 Å². The lowest BCUT2D eigenvalue weighted by atomic mass is 10.00. The fourth-order valence-electron chi connectivity index (χ4n) is 1.75. The standard InChI is InChI=1S/C15H24N2O2/c1-15(2,16)9-8-14(19)17-13-7-3-5-12(11-13)6-4-10-18/h3,5,7,11,18H,4,6,8-10,16H2,1-2H3,(H,17,19). The number of rotatable bonds is 7. The van der Waals surface area contributed by atoms with Gasteiger partial charge in [0.25, 0.3) is 0 Å². The van der Waals surface area contributed by atoms with Crippen LogP contribution in [0.1, 0.15) is 38.7 Å². The summed E-state index contributed by atoms with van der Waals surface area (Å²) in [6.07, 6.45) is 2.63. The smallest absolute Gasteiger partial charge is 0.224 e. The number of aliphatic hydroxyl groups excluding tert-OH is 1. The lowest BCUT2D eigenvalue weighted by Crippen LogP contribution is -2.33. The second kappa shape index (κ2) is 7.26. The Morgan fingerprint density at radius 1 is 1.42 bits per heavy atom. The molecule has 0 bridgehead atoms. The summed E-state index contributed by atoms with van der Waals surface area (Å²) in [4.78, 5) is 11.8. The molecule has 0 aliphatic rings. The first-order chi connectivity index (χ1) is 8.90. The number of benzene rings is 1. The molecule has 0 saturated carbocycles. The Balaban J connectivity index is 2.49. The van der Waals surface area contributed by atoms with Crippen LogP contribution < -0.4 is 11.1 Å². The number of anilines is 1. The van der Waals surface area contributed by atoms with Gasteiger partial charge in [-0.1, -0.05) is 12.1 Å². The van der Waals surface area contributed by atoms with E-state index in [2.05, 4.69) is 5.32 Å². The molecule has 0 fully saturated rings. The van der Waals surface area contributed by atoms with Gasteiger partial charge in [0.2, 0.25) is 5.91 Å². The Kier molecular flexibility index (Phi) is 5.99. The van der Waals surface area contributed by atoms with Crippen LogP contribution >= 0.6 is 0 Å². The third-order valence-electron chi connectivity index (χ3n) is 2.83. The minimum atomic E-state index is -0.319. The molecule has 0 radical (unpaired) electrons. The van der Waals surface area contributed by atoms with E-state index in [1.165, 1.54) is 0 Å². The van der Waals surface area contributed by atoms with E-state index in [-0.39, 0.29) is 18.1 Å². The first kappa shape index (κ1) is 15.7. The van der Waals surface area contributed by atoms with Crippen LogP contribution in [-0.2, 0) is 11.2 Å². The van der Waals surface area contributed by atoms with Crippen LogP contribution in [0.5, 0.6) is 0 Å². The summed E-state index contributed by atoms with van der Waals surface area (Å²) in [6, 6.07) is 7.72. The minimum Gasteiger partial charge on any atom is -0.396 e. The van der Waals surface area contributed by atoms with E-state index >= 15 is 0 Å². The molecule has 0 aromatic heterocycles. The van der Waals surface area contributed by atoms with Gasteiger partial charge in [-0.15, -0.1) is 0 Å². The number of hydrogen-bond donors (Lipinski definition) is 3. The second-order valence-corrected chi connectivity index (χ2v) is 5.56. The van der Waals surface area contributed by atoms with E-state index in [0.29, 0.717) is 12.8 Å². The maximum absolute atomic E-state index is 11.8. The van der Waals surface area contributed by atoms with Crippen molar-refractivity contribution in [3.05, 3.63) is 29.8 Å². The van der Waals surface area contributed by atoms with Gasteiger partial charge >= 0.3 is 0 Å². The van der Waals surface area contributed by atoms with Crippen molar-refractivity contribution in [2.45, 2.75) is 45.1 Å². The van der Waals surface area contributed by atoms with Crippen molar-refractivity contribution in [2.75, 3.05) is 11.9 Å². The number of aliphatic hydroxyl groups is 1. The molecule has 4 N–H and O–H groups in total. The average Bonchev–Trinajstić information content (AvgIpc) is 2.33. The molecule has 0 heterocycles. The molecule has 0 atom stereocenters. The summed E-state index contributed by atoms with van der Waals surface area (Å²) >= 11 is 0. The number of carbonyl (C=O) groups is 1. The number of carbonyl (C=O) groups excluding carboxylic acids is 1. The topological polar surface area (TPSA) is 75.4 Å². The summed E-state index contributed by atoms with van der Waals surface area (Å²) in [5.41, 5.74) is 7.45. The lowest BCUT2D eigenvalue weighted by molar-refractivity contribution is -0.116. The molecule has 106 valence electrons. The van der Waals surface area contributed by atoms with E-state index in [1.807, 2.05) is 38.1 Å². The van der Waals surface area contributed by atoms with E-state index in [9.17, 15) is 4.79 Å². The quantitative estimate of drug-likeness (QED) is 0.705. The molecule has 4 nitrogen and oxygen atoms in total. The zero-order valence-corrected chi connectivity index (χ0v) is 11.8. The van der Waals surface area contributed by atoms with Crippen molar-refractivity contribution < 1.29 is 9.90 Å². The van der Waals surface area contributed by atoms with Crippen molar-refractivity contribution in [1.82, 2.24) is 0 Å². The van der Waals surface area contributed by atoms with Gasteiger partial charge in [-0.2, -0.15) is 0 Å². The highest BCUT2D eigenvalue weighted by atomic mass is 16.2. The largest absolute Gasteiger partial charge is 0.396 e. The zero-order valence-electron chi connectivity index (χ0n) is 11.8. The van der Waals surface area contributed by atoms with Crippen molar-refractivity contribution in [2.24, 2.45) is 5.73 Å². The first-order valence-electron chi connectivity index (χ1n) is 6.69. The normalized spacial score (nSPS) is 11.4. The number of nitrogens with two attached hydrogens (primary N) is 1. The van der Waals surface area contributed by atoms with Crippen molar-refractivity contribution >= 4 is 11.6 Å². The SMILES string of the molecule is CC(C)(N)CCC(=O)Nc1cccc(CCCO)c1. The van der Waals surface area contributed by atoms with Gasteiger partial charge < -0.3 is 16.2 Å². The van der Waals surface area contributed by atoms with E-state index in [1.54, 1.807) is 0 Å².